The van der Waals surface area contributed by atoms with Crippen molar-refractivity contribution in [1.29, 1.82) is 0 Å². The minimum atomic E-state index is -3.75. The van der Waals surface area contributed by atoms with Gasteiger partial charge in [-0.1, -0.05) is 55.4 Å². The second-order valence-electron chi connectivity index (χ2n) is 16.0. The molecule has 0 aliphatic carbocycles. The summed E-state index contributed by atoms with van der Waals surface area (Å²) in [6, 6.07) is 10.3. The fraction of sp³-hybridized carbons (Fsp3) is 0.632. The van der Waals surface area contributed by atoms with Gasteiger partial charge in [-0.3, -0.25) is 0 Å². The number of aromatic nitrogens is 4. The first kappa shape index (κ1) is 40.6. The smallest absolute Gasteiger partial charge is 0.261 e. The Labute approximate surface area is 314 Å². The number of hydrogen-bond acceptors (Lipinski definition) is 8. The number of hydrogen-bond donors (Lipinski definition) is 0. The molecule has 0 saturated carbocycles. The van der Waals surface area contributed by atoms with Crippen LogP contribution in [0.5, 0.6) is 0 Å². The summed E-state index contributed by atoms with van der Waals surface area (Å²) in [6.07, 6.45) is 4.18. The summed E-state index contributed by atoms with van der Waals surface area (Å²) >= 11 is 0. The van der Waals surface area contributed by atoms with Crippen LogP contribution in [0.25, 0.3) is 22.1 Å². The van der Waals surface area contributed by atoms with Crippen molar-refractivity contribution in [2.45, 2.75) is 115 Å². The van der Waals surface area contributed by atoms with E-state index in [1.165, 1.54) is 4.31 Å². The third kappa shape index (κ3) is 9.21. The molecule has 2 aliphatic heterocycles. The van der Waals surface area contributed by atoms with Crippen LogP contribution in [0.1, 0.15) is 92.7 Å². The summed E-state index contributed by atoms with van der Waals surface area (Å²) < 4.78 is 66.0. The lowest BCUT2D eigenvalue weighted by molar-refractivity contribution is 0.0610. The number of fused-ring (bicyclic) bond motifs is 2. The first-order valence-electron chi connectivity index (χ1n) is 18.5. The molecule has 11 nitrogen and oxygen atoms in total. The predicted molar refractivity (Wildman–Crippen MR) is 207 cm³/mol. The molecule has 0 amide bonds. The van der Waals surface area contributed by atoms with Crippen LogP contribution in [0, 0.1) is 11.8 Å². The van der Waals surface area contributed by atoms with Crippen LogP contribution in [0.2, 0.25) is 0 Å². The number of halogens is 1. The monoisotopic (exact) mass is 777 g/mol. The maximum absolute atomic E-state index is 12.9. The minimum absolute atomic E-state index is 0.0906. The Hall–Kier alpha value is -2.55. The highest BCUT2D eigenvalue weighted by Crippen LogP contribution is 2.32. The highest BCUT2D eigenvalue weighted by molar-refractivity contribution is 8.13. The van der Waals surface area contributed by atoms with E-state index in [2.05, 4.69) is 50.7 Å². The van der Waals surface area contributed by atoms with Gasteiger partial charge in [0.25, 0.3) is 9.05 Å². The zero-order valence-electron chi connectivity index (χ0n) is 32.0. The molecule has 2 aromatic heterocycles. The largest absolute Gasteiger partial charge is 0.381 e. The van der Waals surface area contributed by atoms with Crippen molar-refractivity contribution in [1.82, 2.24) is 23.4 Å². The normalized spacial score (nSPS) is 17.2. The molecular formula is C38H56ClN5O6S2. The first-order valence-corrected chi connectivity index (χ1v) is 22.2. The second kappa shape index (κ2) is 16.0. The Morgan fingerprint density at radius 1 is 0.692 bits per heavy atom. The Morgan fingerprint density at radius 3 is 1.44 bits per heavy atom. The molecule has 6 rings (SSSR count). The Morgan fingerprint density at radius 2 is 1.08 bits per heavy atom. The lowest BCUT2D eigenvalue weighted by Crippen LogP contribution is -2.30. The summed E-state index contributed by atoms with van der Waals surface area (Å²) in [5.74, 6) is 3.08. The van der Waals surface area contributed by atoms with Gasteiger partial charge in [-0.15, -0.1) is 0 Å². The molecule has 0 N–H and O–H groups in total. The van der Waals surface area contributed by atoms with E-state index in [0.29, 0.717) is 35.3 Å². The number of sulfonamides is 1. The Bertz CT molecular complexity index is 2060. The van der Waals surface area contributed by atoms with Gasteiger partial charge in [-0.25, -0.2) is 26.8 Å². The van der Waals surface area contributed by atoms with E-state index >= 15 is 0 Å². The maximum Gasteiger partial charge on any atom is 0.261 e. The Balaban J connectivity index is 0.000000203. The van der Waals surface area contributed by atoms with E-state index in [9.17, 15) is 16.8 Å². The fourth-order valence-electron chi connectivity index (χ4n) is 7.13. The van der Waals surface area contributed by atoms with Gasteiger partial charge >= 0.3 is 0 Å². The second-order valence-corrected chi connectivity index (χ2v) is 20.5. The van der Waals surface area contributed by atoms with Crippen LogP contribution in [-0.4, -0.2) is 79.8 Å². The third-order valence-corrected chi connectivity index (χ3v) is 13.4. The number of imidazole rings is 2. The lowest BCUT2D eigenvalue weighted by Gasteiger charge is -2.26. The van der Waals surface area contributed by atoms with Gasteiger partial charge < -0.3 is 18.6 Å². The quantitative estimate of drug-likeness (QED) is 0.160. The molecule has 2 fully saturated rings. The van der Waals surface area contributed by atoms with E-state index in [-0.39, 0.29) is 15.7 Å². The van der Waals surface area contributed by atoms with Crippen LogP contribution >= 0.6 is 10.7 Å². The standard InChI is InChI=1S/C21H33N3O3S.C17H23ClN2O3S/c1-6-23(7-2)28(25,26)17-8-9-19-18(14-17)22-20(21(3,4)5)24(19)15-16-10-12-27-13-11-16;1-17(2,3)16-19-14-10-13(24(18,21)22)4-5-15(14)20(16)11-12-6-8-23-9-7-12/h8-9,14,16H,6-7,10-13,15H2,1-5H3;4-5,10,12H,6-9,11H2,1-3H3. The number of rotatable bonds is 9. The van der Waals surface area contributed by atoms with E-state index in [1.807, 2.05) is 26.0 Å². The number of ether oxygens (including phenoxy) is 2. The molecule has 0 spiro atoms. The summed E-state index contributed by atoms with van der Waals surface area (Å²) in [6.45, 7) is 22.5. The SMILES string of the molecule is CC(C)(C)c1nc2cc(S(=O)(=O)Cl)ccc2n1CC1CCOCC1.CCN(CC)S(=O)(=O)c1ccc2c(c1)nc(C(C)(C)C)n2CC1CCOCC1. The number of benzene rings is 2. The topological polar surface area (TPSA) is 126 Å². The molecule has 52 heavy (non-hydrogen) atoms. The van der Waals surface area contributed by atoms with Crippen molar-refractivity contribution < 1.29 is 26.3 Å². The zero-order chi connectivity index (χ0) is 38.1. The molecule has 288 valence electrons. The van der Waals surface area contributed by atoms with E-state index < -0.39 is 19.1 Å². The van der Waals surface area contributed by atoms with Crippen LogP contribution in [0.3, 0.4) is 0 Å². The van der Waals surface area contributed by atoms with Gasteiger partial charge in [0.05, 0.1) is 31.9 Å². The third-order valence-electron chi connectivity index (χ3n) is 9.97. The molecular weight excluding hydrogens is 722 g/mol. The lowest BCUT2D eigenvalue weighted by atomic mass is 9.94. The van der Waals surface area contributed by atoms with Gasteiger partial charge in [0.15, 0.2) is 0 Å². The molecule has 0 radical (unpaired) electrons. The Kier molecular flexibility index (Phi) is 12.5. The van der Waals surface area contributed by atoms with Crippen molar-refractivity contribution in [2.75, 3.05) is 39.5 Å². The molecule has 2 aromatic carbocycles. The van der Waals surface area contributed by atoms with Crippen LogP contribution in [-0.2, 0) is 52.5 Å². The van der Waals surface area contributed by atoms with Gasteiger partial charge in [0, 0.05) is 74.1 Å². The van der Waals surface area contributed by atoms with Crippen molar-refractivity contribution in [3.8, 4) is 0 Å². The van der Waals surface area contributed by atoms with E-state index in [4.69, 9.17) is 30.1 Å². The minimum Gasteiger partial charge on any atom is -0.381 e. The summed E-state index contributed by atoms with van der Waals surface area (Å²) in [7, 11) is -1.77. The molecule has 14 heteroatoms. The highest BCUT2D eigenvalue weighted by atomic mass is 35.7. The molecule has 0 atom stereocenters. The van der Waals surface area contributed by atoms with Crippen molar-refractivity contribution in [3.05, 3.63) is 48.0 Å². The maximum atomic E-state index is 12.9. The molecule has 4 heterocycles. The zero-order valence-corrected chi connectivity index (χ0v) is 34.4. The average Bonchev–Trinajstić information content (AvgIpc) is 3.64. The highest BCUT2D eigenvalue weighted by Gasteiger charge is 2.29. The van der Waals surface area contributed by atoms with Gasteiger partial charge in [-0.2, -0.15) is 4.31 Å². The van der Waals surface area contributed by atoms with Gasteiger partial charge in [0.2, 0.25) is 10.0 Å². The van der Waals surface area contributed by atoms with Crippen molar-refractivity contribution in [2.24, 2.45) is 11.8 Å². The van der Waals surface area contributed by atoms with Crippen LogP contribution in [0.15, 0.2) is 46.2 Å². The molecule has 2 aliphatic rings. The van der Waals surface area contributed by atoms with Crippen molar-refractivity contribution >= 4 is 51.8 Å². The molecule has 0 bridgehead atoms. The van der Waals surface area contributed by atoms with Gasteiger partial charge in [-0.05, 0) is 73.9 Å². The van der Waals surface area contributed by atoms with Crippen LogP contribution in [0.4, 0.5) is 0 Å². The summed E-state index contributed by atoms with van der Waals surface area (Å²) in [5, 5.41) is 0. The first-order chi connectivity index (χ1) is 24.3. The molecule has 0 unspecified atom stereocenters. The van der Waals surface area contributed by atoms with E-state index in [1.54, 1.807) is 24.3 Å². The van der Waals surface area contributed by atoms with Gasteiger partial charge in [0.1, 0.15) is 11.6 Å². The predicted octanol–water partition coefficient (Wildman–Crippen LogP) is 7.48. The number of nitrogens with zero attached hydrogens (tertiary/aromatic N) is 5. The average molecular weight is 778 g/mol. The van der Waals surface area contributed by atoms with Crippen molar-refractivity contribution in [3.63, 3.8) is 0 Å². The summed E-state index contributed by atoms with van der Waals surface area (Å²) in [4.78, 5) is 10.0. The fourth-order valence-corrected chi connectivity index (χ4v) is 9.38. The molecule has 2 saturated heterocycles. The molecule has 4 aromatic rings. The summed E-state index contributed by atoms with van der Waals surface area (Å²) in [5.41, 5.74) is 3.14. The van der Waals surface area contributed by atoms with Crippen LogP contribution < -0.4 is 0 Å². The van der Waals surface area contributed by atoms with E-state index in [0.717, 1.165) is 93.4 Å².